The first-order valence-electron chi connectivity index (χ1n) is 21.6. The van der Waals surface area contributed by atoms with E-state index in [1.807, 2.05) is 45.0 Å². The number of rotatable bonds is 23. The largest absolute Gasteiger partial charge is 0.488 e. The van der Waals surface area contributed by atoms with E-state index in [1.165, 1.54) is 11.8 Å². The van der Waals surface area contributed by atoms with Gasteiger partial charge < -0.3 is 51.9 Å². The van der Waals surface area contributed by atoms with Crippen molar-refractivity contribution in [1.82, 2.24) is 31.6 Å². The molecule has 0 fully saturated rings. The Kier molecular flexibility index (Phi) is 19.2. The molecule has 18 heteroatoms. The summed E-state index contributed by atoms with van der Waals surface area (Å²) < 4.78 is 11.3. The summed E-state index contributed by atoms with van der Waals surface area (Å²) in [5.74, 6) is -4.98. The Morgan fingerprint density at radius 3 is 1.91 bits per heavy atom. The minimum atomic E-state index is -1.60. The molecule has 1 aromatic heterocycles. The molecule has 1 heterocycles. The Morgan fingerprint density at radius 1 is 0.682 bits per heavy atom. The lowest BCUT2D eigenvalue weighted by Gasteiger charge is -2.27. The van der Waals surface area contributed by atoms with Crippen LogP contribution in [0.25, 0.3) is 10.9 Å². The molecule has 9 N–H and O–H groups in total. The second-order valence-electron chi connectivity index (χ2n) is 17.9. The quantitative estimate of drug-likeness (QED) is 0.0499. The third-order valence-electron chi connectivity index (χ3n) is 9.88. The molecule has 4 rings (SSSR count). The molecule has 5 atom stereocenters. The maximum atomic E-state index is 14.3. The molecular formula is C48H63N7O10S. The highest BCUT2D eigenvalue weighted by Gasteiger charge is 2.34. The summed E-state index contributed by atoms with van der Waals surface area (Å²) in [4.78, 5) is 97.1. The number of carbonyl (C=O) groups is 7. The number of carboxylic acids is 1. The first kappa shape index (κ1) is 52.2. The fourth-order valence-corrected chi connectivity index (χ4v) is 7.27. The van der Waals surface area contributed by atoms with Crippen molar-refractivity contribution in [3.05, 3.63) is 102 Å². The van der Waals surface area contributed by atoms with E-state index in [4.69, 9.17) is 15.2 Å². The molecule has 0 bridgehead atoms. The van der Waals surface area contributed by atoms with Crippen LogP contribution in [-0.2, 0) is 57.6 Å². The van der Waals surface area contributed by atoms with Gasteiger partial charge >= 0.3 is 11.9 Å². The molecule has 0 radical (unpaired) electrons. The molecule has 0 spiro atoms. The van der Waals surface area contributed by atoms with Crippen LogP contribution >= 0.6 is 11.8 Å². The monoisotopic (exact) mass is 929 g/mol. The molecule has 4 aromatic rings. The second-order valence-corrected chi connectivity index (χ2v) is 18.8. The molecule has 3 aromatic carbocycles. The van der Waals surface area contributed by atoms with Crippen LogP contribution in [0, 0.1) is 0 Å². The first-order chi connectivity index (χ1) is 31.1. The average Bonchev–Trinajstić information content (AvgIpc) is 3.65. The predicted molar refractivity (Wildman–Crippen MR) is 252 cm³/mol. The molecule has 0 unspecified atom stereocenters. The van der Waals surface area contributed by atoms with Crippen molar-refractivity contribution in [1.29, 1.82) is 0 Å². The molecule has 17 nitrogen and oxygen atoms in total. The number of aromatic amines is 1. The average molecular weight is 930 g/mol. The number of ether oxygens (including phenoxy) is 2. The van der Waals surface area contributed by atoms with Crippen LogP contribution in [0.15, 0.2) is 85.1 Å². The van der Waals surface area contributed by atoms with Crippen molar-refractivity contribution < 1.29 is 48.1 Å². The summed E-state index contributed by atoms with van der Waals surface area (Å²) in [7, 11) is 0. The van der Waals surface area contributed by atoms with Crippen LogP contribution in [-0.4, -0.2) is 112 Å². The van der Waals surface area contributed by atoms with Gasteiger partial charge in [-0.05, 0) is 101 Å². The van der Waals surface area contributed by atoms with Gasteiger partial charge in [-0.1, -0.05) is 60.7 Å². The van der Waals surface area contributed by atoms with Gasteiger partial charge in [0, 0.05) is 29.9 Å². The van der Waals surface area contributed by atoms with E-state index in [-0.39, 0.29) is 31.3 Å². The van der Waals surface area contributed by atoms with Gasteiger partial charge in [0.25, 0.3) is 0 Å². The van der Waals surface area contributed by atoms with E-state index in [2.05, 4.69) is 31.6 Å². The van der Waals surface area contributed by atoms with E-state index in [1.54, 1.807) is 87.8 Å². The van der Waals surface area contributed by atoms with Crippen LogP contribution in [0.3, 0.4) is 0 Å². The molecule has 0 aliphatic carbocycles. The summed E-state index contributed by atoms with van der Waals surface area (Å²) in [5, 5.41) is 23.7. The third-order valence-corrected chi connectivity index (χ3v) is 10.5. The number of carbonyl (C=O) groups excluding carboxylic acids is 6. The summed E-state index contributed by atoms with van der Waals surface area (Å²) in [6.45, 7) is 10.2. The zero-order valence-corrected chi connectivity index (χ0v) is 39.3. The third kappa shape index (κ3) is 17.5. The van der Waals surface area contributed by atoms with Gasteiger partial charge in [0.05, 0.1) is 19.0 Å². The Hall–Kier alpha value is -6.40. The SMILES string of the molecule is CSCC[C@H](NC(=O)[C@H](Cc1c[nH]c2ccccc12)NC(=O)CNC(=O)[C@@H](N)Cc1ccc(OC(C)(C)C)cc1)C(=O)N[C@@H](CC(=O)OC(C)(C)C)C(=O)N[C@@H](Cc1ccccc1)C(=O)O. The fourth-order valence-electron chi connectivity index (χ4n) is 6.80. The van der Waals surface area contributed by atoms with E-state index in [0.29, 0.717) is 22.6 Å². The maximum absolute atomic E-state index is 14.3. The number of hydrogen-bond acceptors (Lipinski definition) is 11. The van der Waals surface area contributed by atoms with Crippen molar-refractivity contribution in [2.75, 3.05) is 18.6 Å². The number of nitrogens with two attached hydrogens (primary N) is 1. The van der Waals surface area contributed by atoms with Crippen molar-refractivity contribution in [3.8, 4) is 5.75 Å². The number of benzene rings is 3. The molecule has 66 heavy (non-hydrogen) atoms. The highest BCUT2D eigenvalue weighted by atomic mass is 32.2. The smallest absolute Gasteiger partial charge is 0.326 e. The lowest BCUT2D eigenvalue weighted by Crippen LogP contribution is -2.59. The number of para-hydroxylation sites is 1. The van der Waals surface area contributed by atoms with Crippen molar-refractivity contribution in [2.24, 2.45) is 5.73 Å². The number of H-pyrrole nitrogens is 1. The van der Waals surface area contributed by atoms with Gasteiger partial charge in [0.15, 0.2) is 0 Å². The fraction of sp³-hybridized carbons (Fsp3) is 0.438. The number of esters is 1. The molecular weight excluding hydrogens is 867 g/mol. The van der Waals surface area contributed by atoms with Crippen molar-refractivity contribution in [3.63, 3.8) is 0 Å². The summed E-state index contributed by atoms with van der Waals surface area (Å²) in [6.07, 6.45) is 3.00. The number of thioether (sulfide) groups is 1. The number of hydrogen-bond donors (Lipinski definition) is 8. The minimum Gasteiger partial charge on any atom is -0.488 e. The number of fused-ring (bicyclic) bond motifs is 1. The van der Waals surface area contributed by atoms with Gasteiger partial charge in [0.1, 0.15) is 41.1 Å². The normalized spacial score (nSPS) is 13.8. The Labute approximate surface area is 389 Å². The van der Waals surface area contributed by atoms with E-state index >= 15 is 0 Å². The molecule has 0 aliphatic rings. The second kappa shape index (κ2) is 24.2. The van der Waals surface area contributed by atoms with Crippen LogP contribution in [0.5, 0.6) is 5.75 Å². The molecule has 356 valence electrons. The number of aromatic nitrogens is 1. The van der Waals surface area contributed by atoms with Gasteiger partial charge in [-0.2, -0.15) is 11.8 Å². The minimum absolute atomic E-state index is 0.0253. The number of aliphatic carboxylic acids is 1. The maximum Gasteiger partial charge on any atom is 0.326 e. The van der Waals surface area contributed by atoms with E-state index in [0.717, 1.165) is 16.5 Å². The number of carboxylic acid groups (broad SMARTS) is 1. The highest BCUT2D eigenvalue weighted by Crippen LogP contribution is 2.21. The van der Waals surface area contributed by atoms with E-state index < -0.39 is 90.3 Å². The van der Waals surface area contributed by atoms with Crippen LogP contribution in [0.1, 0.15) is 71.1 Å². The Morgan fingerprint density at radius 2 is 1.27 bits per heavy atom. The van der Waals surface area contributed by atoms with Crippen molar-refractivity contribution in [2.45, 2.75) is 115 Å². The zero-order chi connectivity index (χ0) is 48.6. The Balaban J connectivity index is 1.51. The molecule has 0 saturated heterocycles. The van der Waals surface area contributed by atoms with Gasteiger partial charge in [-0.25, -0.2) is 4.79 Å². The number of amides is 5. The number of nitrogens with one attached hydrogen (secondary N) is 6. The molecule has 5 amide bonds. The van der Waals surface area contributed by atoms with Gasteiger partial charge in [-0.3, -0.25) is 28.8 Å². The van der Waals surface area contributed by atoms with Gasteiger partial charge in [-0.15, -0.1) is 0 Å². The van der Waals surface area contributed by atoms with E-state index in [9.17, 15) is 38.7 Å². The summed E-state index contributed by atoms with van der Waals surface area (Å²) in [5.41, 5.74) is 7.76. The summed E-state index contributed by atoms with van der Waals surface area (Å²) in [6, 6.07) is 16.6. The Bertz CT molecular complexity index is 2290. The predicted octanol–water partition coefficient (Wildman–Crippen LogP) is 3.33. The molecule has 0 saturated carbocycles. The highest BCUT2D eigenvalue weighted by molar-refractivity contribution is 7.98. The lowest BCUT2D eigenvalue weighted by molar-refractivity contribution is -0.156. The van der Waals surface area contributed by atoms with Crippen LogP contribution < -0.4 is 37.1 Å². The zero-order valence-electron chi connectivity index (χ0n) is 38.5. The molecule has 0 aliphatic heterocycles. The van der Waals surface area contributed by atoms with Gasteiger partial charge in [0.2, 0.25) is 29.5 Å². The topological polar surface area (TPSA) is 260 Å². The summed E-state index contributed by atoms with van der Waals surface area (Å²) >= 11 is 1.39. The first-order valence-corrected chi connectivity index (χ1v) is 23.0. The van der Waals surface area contributed by atoms with Crippen LogP contribution in [0.4, 0.5) is 0 Å². The van der Waals surface area contributed by atoms with Crippen molar-refractivity contribution >= 4 is 64.1 Å². The van der Waals surface area contributed by atoms with Crippen LogP contribution in [0.2, 0.25) is 0 Å². The standard InChI is InChI=1S/C48H63N7O10S/c1-47(2,3)64-32-19-17-30(18-20-32)23-34(49)42(58)51-28-40(56)52-37(25-31-27-50-35-16-12-11-15-33(31)35)44(60)53-36(21-22-66-7)43(59)54-38(26-41(57)65-48(4,5)6)45(61)55-39(46(62)63)24-29-13-9-8-10-14-29/h8-20,27,34,36-39,50H,21-26,28,49H2,1-7H3,(H,51,58)(H,52,56)(H,53,60)(H,54,59)(H,55,61)(H,62,63)/t34-,36-,37-,38-,39-/m0/s1. The lowest BCUT2D eigenvalue weighted by atomic mass is 10.0.